The van der Waals surface area contributed by atoms with E-state index in [0.717, 1.165) is 36.0 Å². The standard InChI is InChI=1S/C26H27NO4/c1-15-7-6-10-21(16(15)2)31-26(30)20(13-17-8-4-3-5-9-17)27-24(28)22-18-11-12-19(14-18)23(22)25(27)29/h3-10,18-20,22-23H,11-14H2,1-2H3. The number of carbonyl (C=O) groups excluding carboxylic acids is 3. The minimum absolute atomic E-state index is 0.180. The fourth-order valence-corrected chi connectivity index (χ4v) is 5.87. The lowest BCUT2D eigenvalue weighted by molar-refractivity contribution is -0.154. The highest BCUT2D eigenvalue weighted by Crippen LogP contribution is 2.56. The second-order valence-electron chi connectivity index (χ2n) is 9.26. The molecule has 2 amide bonds. The monoisotopic (exact) mass is 417 g/mol. The van der Waals surface area contributed by atoms with Crippen molar-refractivity contribution in [2.24, 2.45) is 23.7 Å². The number of hydrogen-bond donors (Lipinski definition) is 0. The summed E-state index contributed by atoms with van der Waals surface area (Å²) in [7, 11) is 0. The molecular weight excluding hydrogens is 390 g/mol. The van der Waals surface area contributed by atoms with Gasteiger partial charge >= 0.3 is 5.97 Å². The number of hydrogen-bond acceptors (Lipinski definition) is 4. The van der Waals surface area contributed by atoms with Crippen LogP contribution in [0, 0.1) is 37.5 Å². The van der Waals surface area contributed by atoms with Gasteiger partial charge in [0.25, 0.3) is 0 Å². The molecule has 1 heterocycles. The molecule has 1 aliphatic heterocycles. The van der Waals surface area contributed by atoms with Crippen molar-refractivity contribution in [2.75, 3.05) is 0 Å². The first-order chi connectivity index (χ1) is 15.0. The molecule has 0 N–H and O–H groups in total. The van der Waals surface area contributed by atoms with Crippen molar-refractivity contribution in [3.8, 4) is 5.75 Å². The number of ether oxygens (including phenoxy) is 1. The third kappa shape index (κ3) is 3.27. The molecule has 5 nitrogen and oxygen atoms in total. The number of fused-ring (bicyclic) bond motifs is 5. The van der Waals surface area contributed by atoms with Crippen LogP contribution in [0.3, 0.4) is 0 Å². The Bertz CT molecular complexity index is 1020. The van der Waals surface area contributed by atoms with E-state index in [0.29, 0.717) is 5.75 Å². The van der Waals surface area contributed by atoms with E-state index >= 15 is 0 Å². The first-order valence-electron chi connectivity index (χ1n) is 11.1. The maximum absolute atomic E-state index is 13.4. The molecule has 2 aromatic rings. The van der Waals surface area contributed by atoms with Crippen molar-refractivity contribution < 1.29 is 19.1 Å². The lowest BCUT2D eigenvalue weighted by Crippen LogP contribution is -2.49. The normalized spacial score (nSPS) is 27.5. The van der Waals surface area contributed by atoms with E-state index in [1.807, 2.05) is 56.3 Å². The van der Waals surface area contributed by atoms with Gasteiger partial charge in [0, 0.05) is 6.42 Å². The summed E-state index contributed by atoms with van der Waals surface area (Å²) in [6.07, 6.45) is 3.25. The Morgan fingerprint density at radius 3 is 2.26 bits per heavy atom. The van der Waals surface area contributed by atoms with E-state index in [9.17, 15) is 14.4 Å². The molecular formula is C26H27NO4. The first-order valence-corrected chi connectivity index (χ1v) is 11.1. The zero-order chi connectivity index (χ0) is 21.7. The number of esters is 1. The predicted molar refractivity (Wildman–Crippen MR) is 115 cm³/mol. The number of rotatable bonds is 5. The van der Waals surface area contributed by atoms with Crippen molar-refractivity contribution in [2.45, 2.75) is 45.6 Å². The topological polar surface area (TPSA) is 63.7 Å². The molecule has 5 rings (SSSR count). The lowest BCUT2D eigenvalue weighted by atomic mass is 9.81. The number of imide groups is 1. The number of carbonyl (C=O) groups is 3. The first kappa shape index (κ1) is 20.0. The Balaban J connectivity index is 1.47. The van der Waals surface area contributed by atoms with Crippen LogP contribution < -0.4 is 4.74 Å². The Hall–Kier alpha value is -2.95. The number of benzene rings is 2. The molecule has 2 saturated carbocycles. The van der Waals surface area contributed by atoms with E-state index in [2.05, 4.69) is 0 Å². The summed E-state index contributed by atoms with van der Waals surface area (Å²) >= 11 is 0. The van der Waals surface area contributed by atoms with Gasteiger partial charge in [-0.2, -0.15) is 0 Å². The van der Waals surface area contributed by atoms with Crippen LogP contribution in [0.25, 0.3) is 0 Å². The van der Waals surface area contributed by atoms with Gasteiger partial charge in [0.15, 0.2) is 0 Å². The van der Waals surface area contributed by atoms with Gasteiger partial charge in [-0.15, -0.1) is 0 Å². The third-order valence-corrected chi connectivity index (χ3v) is 7.58. The lowest BCUT2D eigenvalue weighted by Gasteiger charge is -2.26. The van der Waals surface area contributed by atoms with Crippen LogP contribution >= 0.6 is 0 Å². The second-order valence-corrected chi connectivity index (χ2v) is 9.26. The molecule has 2 aliphatic carbocycles. The molecule has 0 aromatic heterocycles. The van der Waals surface area contributed by atoms with Gasteiger partial charge in [0.1, 0.15) is 11.8 Å². The SMILES string of the molecule is Cc1cccc(OC(=O)C(Cc2ccccc2)N2C(=O)C3C4CCC(C4)C3C2=O)c1C. The summed E-state index contributed by atoms with van der Waals surface area (Å²) in [5, 5.41) is 0. The van der Waals surface area contributed by atoms with Gasteiger partial charge in [-0.3, -0.25) is 14.5 Å². The fraction of sp³-hybridized carbons (Fsp3) is 0.423. The summed E-state index contributed by atoms with van der Waals surface area (Å²) < 4.78 is 5.78. The number of nitrogens with zero attached hydrogens (tertiary/aromatic N) is 1. The Morgan fingerprint density at radius 2 is 1.61 bits per heavy atom. The van der Waals surface area contributed by atoms with Gasteiger partial charge in [-0.1, -0.05) is 42.5 Å². The summed E-state index contributed by atoms with van der Waals surface area (Å²) in [4.78, 5) is 41.4. The largest absolute Gasteiger partial charge is 0.425 e. The zero-order valence-corrected chi connectivity index (χ0v) is 17.9. The predicted octanol–water partition coefficient (Wildman–Crippen LogP) is 3.85. The Kier molecular flexibility index (Phi) is 4.92. The van der Waals surface area contributed by atoms with Crippen molar-refractivity contribution in [3.63, 3.8) is 0 Å². The van der Waals surface area contributed by atoms with E-state index in [-0.39, 0.29) is 41.9 Å². The van der Waals surface area contributed by atoms with Crippen molar-refractivity contribution >= 4 is 17.8 Å². The molecule has 5 atom stereocenters. The summed E-state index contributed by atoms with van der Waals surface area (Å²) in [5.41, 5.74) is 2.79. The van der Waals surface area contributed by atoms with Crippen molar-refractivity contribution in [1.82, 2.24) is 4.90 Å². The molecule has 2 aromatic carbocycles. The van der Waals surface area contributed by atoms with E-state index in [1.165, 1.54) is 4.90 Å². The summed E-state index contributed by atoms with van der Waals surface area (Å²) in [6, 6.07) is 14.1. The van der Waals surface area contributed by atoms with Crippen LogP contribution in [0.5, 0.6) is 5.75 Å². The molecule has 5 unspecified atom stereocenters. The molecule has 5 heteroatoms. The van der Waals surface area contributed by atoms with Gasteiger partial charge in [-0.05, 0) is 67.7 Å². The van der Waals surface area contributed by atoms with E-state index in [1.54, 1.807) is 6.07 Å². The average Bonchev–Trinajstić information content (AvgIpc) is 3.45. The van der Waals surface area contributed by atoms with Gasteiger partial charge in [0.2, 0.25) is 11.8 Å². The molecule has 0 spiro atoms. The second kappa shape index (κ2) is 7.63. The zero-order valence-electron chi connectivity index (χ0n) is 17.9. The third-order valence-electron chi connectivity index (χ3n) is 7.58. The van der Waals surface area contributed by atoms with Crippen LogP contribution in [0.2, 0.25) is 0 Å². The van der Waals surface area contributed by atoms with Crippen LogP contribution in [0.4, 0.5) is 0 Å². The maximum Gasteiger partial charge on any atom is 0.335 e. The van der Waals surface area contributed by atoms with Crippen LogP contribution in [0.15, 0.2) is 48.5 Å². The molecule has 1 saturated heterocycles. The molecule has 3 fully saturated rings. The van der Waals surface area contributed by atoms with Crippen LogP contribution in [-0.4, -0.2) is 28.7 Å². The van der Waals surface area contributed by atoms with Gasteiger partial charge < -0.3 is 4.74 Å². The molecule has 3 aliphatic rings. The fourth-order valence-electron chi connectivity index (χ4n) is 5.87. The summed E-state index contributed by atoms with van der Waals surface area (Å²) in [6.45, 7) is 3.86. The smallest absolute Gasteiger partial charge is 0.335 e. The number of likely N-dealkylation sites (tertiary alicyclic amines) is 1. The van der Waals surface area contributed by atoms with Crippen LogP contribution in [0.1, 0.15) is 36.0 Å². The Morgan fingerprint density at radius 1 is 0.968 bits per heavy atom. The molecule has 2 bridgehead atoms. The highest BCUT2D eigenvalue weighted by Gasteiger charge is 2.62. The van der Waals surface area contributed by atoms with E-state index in [4.69, 9.17) is 4.74 Å². The van der Waals surface area contributed by atoms with Gasteiger partial charge in [-0.25, -0.2) is 4.79 Å². The number of aryl methyl sites for hydroxylation is 1. The van der Waals surface area contributed by atoms with Crippen molar-refractivity contribution in [3.05, 3.63) is 65.2 Å². The number of amides is 2. The van der Waals surface area contributed by atoms with E-state index < -0.39 is 12.0 Å². The summed E-state index contributed by atoms with van der Waals surface area (Å²) in [5.74, 6) is -0.375. The van der Waals surface area contributed by atoms with Gasteiger partial charge in [0.05, 0.1) is 11.8 Å². The van der Waals surface area contributed by atoms with Crippen molar-refractivity contribution in [1.29, 1.82) is 0 Å². The quantitative estimate of drug-likeness (QED) is 0.421. The minimum Gasteiger partial charge on any atom is -0.425 e. The Labute approximate surface area is 182 Å². The van der Waals surface area contributed by atoms with Crippen LogP contribution in [-0.2, 0) is 20.8 Å². The molecule has 31 heavy (non-hydrogen) atoms. The minimum atomic E-state index is -0.952. The average molecular weight is 418 g/mol. The highest BCUT2D eigenvalue weighted by atomic mass is 16.5. The maximum atomic E-state index is 13.4. The molecule has 160 valence electrons. The molecule has 0 radical (unpaired) electrons. The highest BCUT2D eigenvalue weighted by molar-refractivity contribution is 6.08.